The van der Waals surface area contributed by atoms with Crippen LogP contribution in [-0.4, -0.2) is 67.8 Å². The second-order valence-electron chi connectivity index (χ2n) is 11.0. The summed E-state index contributed by atoms with van der Waals surface area (Å²) in [4.78, 5) is 39.0. The van der Waals surface area contributed by atoms with Crippen LogP contribution in [0.1, 0.15) is 113 Å². The summed E-state index contributed by atoms with van der Waals surface area (Å²) in [5, 5.41) is 5.97. The Morgan fingerprint density at radius 2 is 1.38 bits per heavy atom. The topological polar surface area (TPSA) is 97.0 Å². The molecule has 0 saturated carbocycles. The standard InChI is InChI=1S/C29H57N3O5/c1-8-12-14-24(10-3)22-32(23-25(11-4)15-13-9-2)27(34)17-16-26(33)31-19-18-30-20-21-36-28(35)37-29(5,6)7/h24-25,30H,8-23H2,1-7H3,(H,31,33). The van der Waals surface area contributed by atoms with Crippen LogP contribution in [0.15, 0.2) is 0 Å². The first-order chi connectivity index (χ1) is 17.6. The molecular weight excluding hydrogens is 470 g/mol. The van der Waals surface area contributed by atoms with Gasteiger partial charge in [0.25, 0.3) is 0 Å². The Hall–Kier alpha value is -1.83. The highest BCUT2D eigenvalue weighted by Gasteiger charge is 2.22. The first-order valence-electron chi connectivity index (χ1n) is 14.7. The van der Waals surface area contributed by atoms with E-state index in [1.54, 1.807) is 20.8 Å². The van der Waals surface area contributed by atoms with E-state index in [0.717, 1.165) is 38.8 Å². The summed E-state index contributed by atoms with van der Waals surface area (Å²) in [5.74, 6) is 1.02. The minimum Gasteiger partial charge on any atom is -0.433 e. The van der Waals surface area contributed by atoms with Gasteiger partial charge in [-0.05, 0) is 45.4 Å². The lowest BCUT2D eigenvalue weighted by atomic mass is 9.95. The highest BCUT2D eigenvalue weighted by Crippen LogP contribution is 2.20. The molecule has 2 unspecified atom stereocenters. The zero-order chi connectivity index (χ0) is 28.1. The predicted octanol–water partition coefficient (Wildman–Crippen LogP) is 5.69. The monoisotopic (exact) mass is 527 g/mol. The third-order valence-electron chi connectivity index (χ3n) is 6.47. The summed E-state index contributed by atoms with van der Waals surface area (Å²) >= 11 is 0. The maximum atomic E-state index is 13.2. The van der Waals surface area contributed by atoms with Gasteiger partial charge in [0.2, 0.25) is 11.8 Å². The zero-order valence-electron chi connectivity index (χ0n) is 25.0. The fourth-order valence-electron chi connectivity index (χ4n) is 4.10. The third kappa shape index (κ3) is 19.9. The molecule has 0 aliphatic carbocycles. The Morgan fingerprint density at radius 3 is 1.86 bits per heavy atom. The van der Waals surface area contributed by atoms with Crippen LogP contribution >= 0.6 is 0 Å². The van der Waals surface area contributed by atoms with Gasteiger partial charge in [0.15, 0.2) is 0 Å². The van der Waals surface area contributed by atoms with Gasteiger partial charge < -0.3 is 25.0 Å². The Morgan fingerprint density at radius 1 is 0.811 bits per heavy atom. The van der Waals surface area contributed by atoms with E-state index in [2.05, 4.69) is 38.3 Å². The van der Waals surface area contributed by atoms with E-state index < -0.39 is 11.8 Å². The molecule has 0 heterocycles. The van der Waals surface area contributed by atoms with Gasteiger partial charge in [-0.2, -0.15) is 0 Å². The van der Waals surface area contributed by atoms with E-state index in [9.17, 15) is 14.4 Å². The van der Waals surface area contributed by atoms with E-state index in [1.807, 2.05) is 4.90 Å². The van der Waals surface area contributed by atoms with Gasteiger partial charge in [-0.25, -0.2) is 4.79 Å². The molecule has 8 nitrogen and oxygen atoms in total. The minimum atomic E-state index is -0.687. The normalized spacial score (nSPS) is 13.1. The van der Waals surface area contributed by atoms with E-state index in [-0.39, 0.29) is 31.3 Å². The van der Waals surface area contributed by atoms with Crippen molar-refractivity contribution in [2.24, 2.45) is 11.8 Å². The van der Waals surface area contributed by atoms with Crippen LogP contribution in [0.2, 0.25) is 0 Å². The molecule has 0 radical (unpaired) electrons. The lowest BCUT2D eigenvalue weighted by Gasteiger charge is -2.31. The smallest absolute Gasteiger partial charge is 0.433 e. The maximum Gasteiger partial charge on any atom is 0.508 e. The van der Waals surface area contributed by atoms with E-state index in [4.69, 9.17) is 9.47 Å². The van der Waals surface area contributed by atoms with E-state index in [0.29, 0.717) is 31.5 Å². The molecule has 0 bridgehead atoms. The first-order valence-corrected chi connectivity index (χ1v) is 14.7. The van der Waals surface area contributed by atoms with Gasteiger partial charge >= 0.3 is 6.16 Å². The molecule has 0 spiro atoms. The number of hydrogen-bond donors (Lipinski definition) is 2. The number of hydrogen-bond acceptors (Lipinski definition) is 6. The van der Waals surface area contributed by atoms with E-state index in [1.165, 1.54) is 25.7 Å². The van der Waals surface area contributed by atoms with Crippen molar-refractivity contribution in [2.45, 2.75) is 118 Å². The molecule has 0 aromatic heterocycles. The van der Waals surface area contributed by atoms with Gasteiger partial charge in [-0.15, -0.1) is 0 Å². The second kappa shape index (κ2) is 21.1. The van der Waals surface area contributed by atoms with Crippen LogP contribution in [0.5, 0.6) is 0 Å². The Bertz CT molecular complexity index is 603. The fourth-order valence-corrected chi connectivity index (χ4v) is 4.10. The summed E-state index contributed by atoms with van der Waals surface area (Å²) < 4.78 is 10.1. The largest absolute Gasteiger partial charge is 0.508 e. The van der Waals surface area contributed by atoms with Crippen molar-refractivity contribution in [1.82, 2.24) is 15.5 Å². The number of ether oxygens (including phenoxy) is 2. The van der Waals surface area contributed by atoms with Gasteiger partial charge in [0.05, 0.1) is 0 Å². The van der Waals surface area contributed by atoms with Crippen molar-refractivity contribution in [2.75, 3.05) is 39.3 Å². The lowest BCUT2D eigenvalue weighted by Crippen LogP contribution is -2.40. The molecule has 0 saturated heterocycles. The number of nitrogens with zero attached hydrogens (tertiary/aromatic N) is 1. The molecule has 2 amide bonds. The highest BCUT2D eigenvalue weighted by molar-refractivity contribution is 5.83. The van der Waals surface area contributed by atoms with Crippen LogP contribution in [-0.2, 0) is 19.1 Å². The SMILES string of the molecule is CCCCC(CC)CN(CC(CC)CCCC)C(=O)CCC(=O)NCCNCCOC(=O)OC(C)(C)C. The van der Waals surface area contributed by atoms with Gasteiger partial charge in [0.1, 0.15) is 12.2 Å². The van der Waals surface area contributed by atoms with Crippen LogP contribution in [0, 0.1) is 11.8 Å². The van der Waals surface area contributed by atoms with Crippen molar-refractivity contribution < 1.29 is 23.9 Å². The molecular formula is C29H57N3O5. The average molecular weight is 528 g/mol. The number of amides is 2. The summed E-state index contributed by atoms with van der Waals surface area (Å²) in [5.41, 5.74) is -0.577. The molecule has 0 aliphatic rings. The maximum absolute atomic E-state index is 13.2. The quantitative estimate of drug-likeness (QED) is 0.147. The molecule has 218 valence electrons. The molecule has 0 rings (SSSR count). The van der Waals surface area contributed by atoms with Crippen molar-refractivity contribution >= 4 is 18.0 Å². The van der Waals surface area contributed by atoms with Gasteiger partial charge in [0, 0.05) is 45.6 Å². The number of rotatable bonds is 21. The predicted molar refractivity (Wildman–Crippen MR) is 150 cm³/mol. The molecule has 37 heavy (non-hydrogen) atoms. The molecule has 0 fully saturated rings. The Balaban J connectivity index is 4.47. The lowest BCUT2D eigenvalue weighted by molar-refractivity contribution is -0.134. The minimum absolute atomic E-state index is 0.0949. The first kappa shape index (κ1) is 35.2. The second-order valence-corrected chi connectivity index (χ2v) is 11.0. The summed E-state index contributed by atoms with van der Waals surface area (Å²) in [6, 6.07) is 0. The van der Waals surface area contributed by atoms with Crippen molar-refractivity contribution in [1.29, 1.82) is 0 Å². The zero-order valence-corrected chi connectivity index (χ0v) is 25.0. The van der Waals surface area contributed by atoms with Crippen molar-refractivity contribution in [3.63, 3.8) is 0 Å². The Labute approximate surface area is 227 Å². The number of unbranched alkanes of at least 4 members (excludes halogenated alkanes) is 2. The summed E-state index contributed by atoms with van der Waals surface area (Å²) in [6.45, 7) is 17.5. The van der Waals surface area contributed by atoms with Gasteiger partial charge in [-0.1, -0.05) is 66.2 Å². The fraction of sp³-hybridized carbons (Fsp3) is 0.897. The van der Waals surface area contributed by atoms with Gasteiger partial charge in [-0.3, -0.25) is 9.59 Å². The summed E-state index contributed by atoms with van der Waals surface area (Å²) in [6.07, 6.45) is 8.94. The van der Waals surface area contributed by atoms with Crippen molar-refractivity contribution in [3.8, 4) is 0 Å². The number of carbonyl (C=O) groups excluding carboxylic acids is 3. The molecule has 0 aliphatic heterocycles. The molecule has 0 aromatic carbocycles. The molecule has 0 aromatic rings. The molecule has 8 heteroatoms. The van der Waals surface area contributed by atoms with Crippen LogP contribution < -0.4 is 10.6 Å². The Kier molecular flexibility index (Phi) is 20.1. The molecule has 2 atom stereocenters. The third-order valence-corrected chi connectivity index (χ3v) is 6.47. The van der Waals surface area contributed by atoms with Crippen LogP contribution in [0.25, 0.3) is 0 Å². The number of nitrogens with one attached hydrogen (secondary N) is 2. The van der Waals surface area contributed by atoms with E-state index >= 15 is 0 Å². The van der Waals surface area contributed by atoms with Crippen LogP contribution in [0.4, 0.5) is 4.79 Å². The van der Waals surface area contributed by atoms with Crippen LogP contribution in [0.3, 0.4) is 0 Å². The highest BCUT2D eigenvalue weighted by atomic mass is 16.7. The number of carbonyl (C=O) groups is 3. The summed E-state index contributed by atoms with van der Waals surface area (Å²) in [7, 11) is 0. The molecule has 2 N–H and O–H groups in total. The van der Waals surface area contributed by atoms with Crippen molar-refractivity contribution in [3.05, 3.63) is 0 Å². The average Bonchev–Trinajstić information content (AvgIpc) is 2.84.